The fourth-order valence-corrected chi connectivity index (χ4v) is 5.45. The Morgan fingerprint density at radius 2 is 2.00 bits per heavy atom. The fraction of sp³-hybridized carbons (Fsp3) is 0.579. The lowest BCUT2D eigenvalue weighted by atomic mass is 10.0. The molecular formula is C19H24N2O5S. The van der Waals surface area contributed by atoms with Crippen LogP contribution >= 0.6 is 11.8 Å². The number of H-pyrrole nitrogens is 1. The largest absolute Gasteiger partial charge is 0.453 e. The van der Waals surface area contributed by atoms with Gasteiger partial charge in [-0.2, -0.15) is 0 Å². The molecule has 1 aromatic rings. The zero-order chi connectivity index (χ0) is 20.1. The van der Waals surface area contributed by atoms with Crippen LogP contribution in [0.25, 0.3) is 0 Å². The van der Waals surface area contributed by atoms with Crippen molar-refractivity contribution in [3.63, 3.8) is 0 Å². The van der Waals surface area contributed by atoms with Crippen LogP contribution in [0.15, 0.2) is 0 Å². The van der Waals surface area contributed by atoms with Crippen LogP contribution in [-0.4, -0.2) is 56.1 Å². The summed E-state index contributed by atoms with van der Waals surface area (Å²) >= 11 is 1.57. The summed E-state index contributed by atoms with van der Waals surface area (Å²) < 4.78 is 5.42. The molecule has 0 radical (unpaired) electrons. The molecule has 1 amide bonds. The molecule has 2 aliphatic rings. The number of hydrogen-bond acceptors (Lipinski definition) is 6. The van der Waals surface area contributed by atoms with Gasteiger partial charge in [0.1, 0.15) is 6.04 Å². The first-order valence-corrected chi connectivity index (χ1v) is 9.96. The second kappa shape index (κ2) is 6.82. The molecule has 0 saturated carbocycles. The Kier molecular flexibility index (Phi) is 4.96. The lowest BCUT2D eigenvalue weighted by Gasteiger charge is -2.29. The summed E-state index contributed by atoms with van der Waals surface area (Å²) in [5.74, 6) is -0.658. The molecule has 1 N–H and O–H groups in total. The van der Waals surface area contributed by atoms with Crippen LogP contribution in [0.2, 0.25) is 0 Å². The minimum Gasteiger partial charge on any atom is -0.453 e. The van der Waals surface area contributed by atoms with Gasteiger partial charge in [0.05, 0.1) is 10.6 Å². The maximum absolute atomic E-state index is 12.8. The van der Waals surface area contributed by atoms with Crippen LogP contribution in [0, 0.1) is 13.8 Å². The molecular weight excluding hydrogens is 368 g/mol. The van der Waals surface area contributed by atoms with E-state index in [9.17, 15) is 19.2 Å². The topological polar surface area (TPSA) is 96.5 Å². The molecule has 2 saturated heterocycles. The lowest BCUT2D eigenvalue weighted by Crippen LogP contribution is -2.47. The van der Waals surface area contributed by atoms with E-state index < -0.39 is 23.9 Å². The standard InChI is InChI=1S/C19H24N2O5S/c1-9-15(11(3)22)10(2)20-16(9)17(24)12(4)26-18(25)13-8-27-19(5)7-6-14(23)21(13)19/h12-13,20H,6-8H2,1-5H3/t12-,13-,19+/m1/s1. The molecule has 0 spiro atoms. The summed E-state index contributed by atoms with van der Waals surface area (Å²) in [6.45, 7) is 8.34. The Bertz CT molecular complexity index is 845. The van der Waals surface area contributed by atoms with Gasteiger partial charge in [0.15, 0.2) is 11.9 Å². The van der Waals surface area contributed by atoms with Crippen molar-refractivity contribution < 1.29 is 23.9 Å². The summed E-state index contributed by atoms with van der Waals surface area (Å²) in [5, 5.41) is 0. The number of rotatable bonds is 5. The summed E-state index contributed by atoms with van der Waals surface area (Å²) in [6.07, 6.45) is 0.128. The second-order valence-corrected chi connectivity index (χ2v) is 8.89. The second-order valence-electron chi connectivity index (χ2n) is 7.39. The lowest BCUT2D eigenvalue weighted by molar-refractivity contribution is -0.155. The minimum absolute atomic E-state index is 0.0506. The number of nitrogens with one attached hydrogen (secondary N) is 1. The van der Waals surface area contributed by atoms with Crippen molar-refractivity contribution in [2.45, 2.75) is 64.5 Å². The van der Waals surface area contributed by atoms with Crippen LogP contribution < -0.4 is 0 Å². The van der Waals surface area contributed by atoms with Crippen molar-refractivity contribution in [2.24, 2.45) is 0 Å². The molecule has 27 heavy (non-hydrogen) atoms. The van der Waals surface area contributed by atoms with Crippen molar-refractivity contribution in [3.8, 4) is 0 Å². The molecule has 2 fully saturated rings. The molecule has 3 atom stereocenters. The third-order valence-electron chi connectivity index (χ3n) is 5.42. The number of thioether (sulfide) groups is 1. The first kappa shape index (κ1) is 19.7. The average Bonchev–Trinajstić information content (AvgIpc) is 3.18. The predicted molar refractivity (Wildman–Crippen MR) is 101 cm³/mol. The van der Waals surface area contributed by atoms with Crippen LogP contribution in [0.4, 0.5) is 0 Å². The summed E-state index contributed by atoms with van der Waals surface area (Å²) in [6, 6.07) is -0.662. The number of amides is 1. The van der Waals surface area contributed by atoms with Gasteiger partial charge >= 0.3 is 5.97 Å². The zero-order valence-electron chi connectivity index (χ0n) is 16.2. The van der Waals surface area contributed by atoms with Crippen molar-refractivity contribution in [3.05, 3.63) is 22.5 Å². The molecule has 3 heterocycles. The highest BCUT2D eigenvalue weighted by Crippen LogP contribution is 2.47. The number of aromatic nitrogens is 1. The highest BCUT2D eigenvalue weighted by atomic mass is 32.2. The Balaban J connectivity index is 1.74. The number of nitrogens with zero attached hydrogens (tertiary/aromatic N) is 1. The van der Waals surface area contributed by atoms with Gasteiger partial charge in [-0.25, -0.2) is 4.79 Å². The van der Waals surface area contributed by atoms with Gasteiger partial charge in [0.25, 0.3) is 0 Å². The van der Waals surface area contributed by atoms with Crippen LogP contribution in [0.5, 0.6) is 0 Å². The SMILES string of the molecule is CC(=O)c1c(C)[nH]c(C(=O)[C@@H](C)OC(=O)[C@H]2CS[C@@]3(C)CCC(=O)N23)c1C. The molecule has 2 aliphatic heterocycles. The van der Waals surface area contributed by atoms with Crippen LogP contribution in [-0.2, 0) is 14.3 Å². The number of Topliss-reactive ketones (excluding diaryl/α,β-unsaturated/α-hetero) is 2. The van der Waals surface area contributed by atoms with E-state index in [-0.39, 0.29) is 22.3 Å². The summed E-state index contributed by atoms with van der Waals surface area (Å²) in [7, 11) is 0. The fourth-order valence-electron chi connectivity index (χ4n) is 4.03. The number of ketones is 2. The van der Waals surface area contributed by atoms with Gasteiger partial charge in [-0.1, -0.05) is 0 Å². The number of aryl methyl sites for hydroxylation is 1. The molecule has 0 aliphatic carbocycles. The molecule has 1 aromatic heterocycles. The first-order chi connectivity index (χ1) is 12.6. The monoisotopic (exact) mass is 392 g/mol. The smallest absolute Gasteiger partial charge is 0.330 e. The number of esters is 1. The molecule has 3 rings (SSSR count). The summed E-state index contributed by atoms with van der Waals surface area (Å²) in [4.78, 5) is 53.5. The Labute approximate surface area is 162 Å². The number of hydrogen-bond donors (Lipinski definition) is 1. The van der Waals surface area contributed by atoms with E-state index in [1.165, 1.54) is 13.8 Å². The normalized spacial score (nSPS) is 25.4. The molecule has 146 valence electrons. The quantitative estimate of drug-likeness (QED) is 0.611. The van der Waals surface area contributed by atoms with Crippen molar-refractivity contribution in [1.82, 2.24) is 9.88 Å². The maximum atomic E-state index is 12.8. The molecule has 0 aromatic carbocycles. The van der Waals surface area contributed by atoms with E-state index in [4.69, 9.17) is 4.74 Å². The van der Waals surface area contributed by atoms with E-state index in [1.807, 2.05) is 6.92 Å². The number of carbonyl (C=O) groups excluding carboxylic acids is 4. The maximum Gasteiger partial charge on any atom is 0.330 e. The highest BCUT2D eigenvalue weighted by Gasteiger charge is 2.53. The predicted octanol–water partition coefficient (Wildman–Crippen LogP) is 2.40. The van der Waals surface area contributed by atoms with Gasteiger partial charge in [-0.15, -0.1) is 11.8 Å². The van der Waals surface area contributed by atoms with Gasteiger partial charge < -0.3 is 14.6 Å². The van der Waals surface area contributed by atoms with E-state index in [0.717, 1.165) is 0 Å². The molecule has 0 bridgehead atoms. The van der Waals surface area contributed by atoms with E-state index in [1.54, 1.807) is 30.5 Å². The number of fused-ring (bicyclic) bond motifs is 1. The van der Waals surface area contributed by atoms with Gasteiger partial charge in [-0.3, -0.25) is 14.4 Å². The van der Waals surface area contributed by atoms with Crippen molar-refractivity contribution in [1.29, 1.82) is 0 Å². The average molecular weight is 392 g/mol. The molecule has 0 unspecified atom stereocenters. The third-order valence-corrected chi connectivity index (χ3v) is 6.92. The third kappa shape index (κ3) is 3.20. The molecule has 8 heteroatoms. The van der Waals surface area contributed by atoms with Crippen molar-refractivity contribution in [2.75, 3.05) is 5.75 Å². The molecule has 7 nitrogen and oxygen atoms in total. The van der Waals surface area contributed by atoms with E-state index >= 15 is 0 Å². The highest BCUT2D eigenvalue weighted by molar-refractivity contribution is 8.01. The van der Waals surface area contributed by atoms with Crippen molar-refractivity contribution >= 4 is 35.2 Å². The van der Waals surface area contributed by atoms with Crippen LogP contribution in [0.1, 0.15) is 65.7 Å². The first-order valence-electron chi connectivity index (χ1n) is 8.97. The van der Waals surface area contributed by atoms with E-state index in [0.29, 0.717) is 35.4 Å². The number of aromatic amines is 1. The number of ether oxygens (including phenoxy) is 1. The number of carbonyl (C=O) groups is 4. The van der Waals surface area contributed by atoms with Crippen LogP contribution in [0.3, 0.4) is 0 Å². The van der Waals surface area contributed by atoms with Gasteiger partial charge in [-0.05, 0) is 46.6 Å². The minimum atomic E-state index is -1.01. The van der Waals surface area contributed by atoms with Gasteiger partial charge in [0.2, 0.25) is 11.7 Å². The Morgan fingerprint density at radius 1 is 1.33 bits per heavy atom. The Morgan fingerprint density at radius 3 is 2.59 bits per heavy atom. The van der Waals surface area contributed by atoms with E-state index in [2.05, 4.69) is 4.98 Å². The Hall–Kier alpha value is -2.09. The zero-order valence-corrected chi connectivity index (χ0v) is 17.0. The summed E-state index contributed by atoms with van der Waals surface area (Å²) in [5.41, 5.74) is 1.95. The van der Waals surface area contributed by atoms with Gasteiger partial charge in [0, 0.05) is 23.4 Å².